The molecule has 0 aliphatic heterocycles. The minimum absolute atomic E-state index is 0.00701. The SMILES string of the molecule is CCCCCCCC/C=C\CCCCCCCC(=O)OCCCCCCCCC(C)CCCC(C)CCCCCCCOC(=O)CCCCCCC/C=C\CCCCCCCC. The highest BCUT2D eigenvalue weighted by atomic mass is 16.5. The molecule has 0 amide bonds. The van der Waals surface area contributed by atoms with Crippen LogP contribution in [0, 0.1) is 11.8 Å². The zero-order chi connectivity index (χ0) is 45.1. The third-order valence-corrected chi connectivity index (χ3v) is 13.1. The molecule has 62 heavy (non-hydrogen) atoms. The maximum atomic E-state index is 12.1. The van der Waals surface area contributed by atoms with E-state index in [-0.39, 0.29) is 11.9 Å². The monoisotopic (exact) mass is 871 g/mol. The highest BCUT2D eigenvalue weighted by Gasteiger charge is 2.07. The lowest BCUT2D eigenvalue weighted by molar-refractivity contribution is -0.144. The van der Waals surface area contributed by atoms with Crippen molar-refractivity contribution < 1.29 is 19.1 Å². The van der Waals surface area contributed by atoms with Gasteiger partial charge in [-0.3, -0.25) is 9.59 Å². The Morgan fingerprint density at radius 2 is 0.581 bits per heavy atom. The molecule has 0 saturated carbocycles. The molecule has 0 aliphatic carbocycles. The van der Waals surface area contributed by atoms with Crippen LogP contribution in [0.1, 0.15) is 310 Å². The van der Waals surface area contributed by atoms with E-state index in [1.54, 1.807) is 0 Å². The molecule has 0 N–H and O–H groups in total. The van der Waals surface area contributed by atoms with Crippen molar-refractivity contribution in [2.75, 3.05) is 13.2 Å². The Kier molecular flexibility index (Phi) is 50.7. The summed E-state index contributed by atoms with van der Waals surface area (Å²) in [6.45, 7) is 10.7. The highest BCUT2D eigenvalue weighted by molar-refractivity contribution is 5.69. The van der Waals surface area contributed by atoms with Gasteiger partial charge in [-0.05, 0) is 88.9 Å². The van der Waals surface area contributed by atoms with Gasteiger partial charge < -0.3 is 9.47 Å². The van der Waals surface area contributed by atoms with Crippen LogP contribution in [0.2, 0.25) is 0 Å². The Labute approximate surface area is 389 Å². The van der Waals surface area contributed by atoms with Crippen LogP contribution in [0.4, 0.5) is 0 Å². The predicted octanol–water partition coefficient (Wildman–Crippen LogP) is 19.7. The van der Waals surface area contributed by atoms with Gasteiger partial charge in [-0.2, -0.15) is 0 Å². The Balaban J connectivity index is 3.39. The van der Waals surface area contributed by atoms with Crippen molar-refractivity contribution in [3.05, 3.63) is 24.3 Å². The first kappa shape index (κ1) is 60.4. The van der Waals surface area contributed by atoms with Crippen molar-refractivity contribution in [1.29, 1.82) is 0 Å². The molecule has 0 fully saturated rings. The first-order valence-corrected chi connectivity index (χ1v) is 28.1. The van der Waals surface area contributed by atoms with Crippen LogP contribution >= 0.6 is 0 Å². The summed E-state index contributed by atoms with van der Waals surface area (Å²) in [7, 11) is 0. The van der Waals surface area contributed by atoms with Crippen molar-refractivity contribution in [1.82, 2.24) is 0 Å². The Bertz CT molecular complexity index is 955. The van der Waals surface area contributed by atoms with Crippen molar-refractivity contribution in [3.8, 4) is 0 Å². The quantitative estimate of drug-likeness (QED) is 0.0347. The van der Waals surface area contributed by atoms with E-state index in [2.05, 4.69) is 52.0 Å². The normalized spacial score (nSPS) is 12.8. The number of hydrogen-bond donors (Lipinski definition) is 0. The van der Waals surface area contributed by atoms with Gasteiger partial charge in [-0.1, -0.05) is 245 Å². The smallest absolute Gasteiger partial charge is 0.305 e. The molecular weight excluding hydrogens is 761 g/mol. The first-order valence-electron chi connectivity index (χ1n) is 28.1. The van der Waals surface area contributed by atoms with Crippen LogP contribution < -0.4 is 0 Å². The van der Waals surface area contributed by atoms with Crippen molar-refractivity contribution in [2.45, 2.75) is 310 Å². The van der Waals surface area contributed by atoms with E-state index >= 15 is 0 Å². The molecule has 4 nitrogen and oxygen atoms in total. The third kappa shape index (κ3) is 51.1. The van der Waals surface area contributed by atoms with Crippen molar-refractivity contribution in [2.24, 2.45) is 11.8 Å². The summed E-state index contributed by atoms with van der Waals surface area (Å²) >= 11 is 0. The molecular formula is C58H110O4. The lowest BCUT2D eigenvalue weighted by Crippen LogP contribution is -2.05. The maximum absolute atomic E-state index is 12.1. The Morgan fingerprint density at radius 1 is 0.323 bits per heavy atom. The summed E-state index contributed by atoms with van der Waals surface area (Å²) in [4.78, 5) is 24.2. The lowest BCUT2D eigenvalue weighted by atomic mass is 9.92. The molecule has 2 atom stereocenters. The summed E-state index contributed by atoms with van der Waals surface area (Å²) in [6, 6.07) is 0. The van der Waals surface area contributed by atoms with Crippen LogP contribution in [-0.2, 0) is 19.1 Å². The first-order chi connectivity index (χ1) is 30.5. The van der Waals surface area contributed by atoms with Gasteiger partial charge in [0, 0.05) is 12.8 Å². The van der Waals surface area contributed by atoms with Crippen LogP contribution in [-0.4, -0.2) is 25.2 Å². The second kappa shape index (κ2) is 52.0. The van der Waals surface area contributed by atoms with Gasteiger partial charge in [0.05, 0.1) is 13.2 Å². The fourth-order valence-electron chi connectivity index (χ4n) is 8.73. The molecule has 366 valence electrons. The predicted molar refractivity (Wildman–Crippen MR) is 273 cm³/mol. The van der Waals surface area contributed by atoms with Gasteiger partial charge in [-0.15, -0.1) is 0 Å². The molecule has 0 radical (unpaired) electrons. The average Bonchev–Trinajstić information content (AvgIpc) is 3.26. The molecule has 0 saturated heterocycles. The van der Waals surface area contributed by atoms with Gasteiger partial charge in [-0.25, -0.2) is 0 Å². The molecule has 0 aromatic carbocycles. The van der Waals surface area contributed by atoms with Crippen LogP contribution in [0.5, 0.6) is 0 Å². The second-order valence-electron chi connectivity index (χ2n) is 19.7. The summed E-state index contributed by atoms with van der Waals surface area (Å²) in [5, 5.41) is 0. The van der Waals surface area contributed by atoms with E-state index in [0.717, 1.165) is 50.4 Å². The standard InChI is InChI=1S/C58H110O4/c1-5-7-9-11-13-15-17-19-21-23-25-27-29-36-42-51-57(59)61-53-44-38-32-31-34-40-47-55(3)49-46-50-56(4)48-41-35-33-39-45-54-62-58(60)52-43-37-30-28-26-24-22-20-18-16-14-12-10-8-6-2/h19-22,55-56H,5-18,23-54H2,1-4H3/b21-19-,22-20-. The number of unbranched alkanes of at least 4 members (excludes halogenated alkanes) is 31. The number of carbonyl (C=O) groups excluding carboxylic acids is 2. The topological polar surface area (TPSA) is 52.6 Å². The maximum Gasteiger partial charge on any atom is 0.305 e. The van der Waals surface area contributed by atoms with E-state index in [4.69, 9.17) is 9.47 Å². The van der Waals surface area contributed by atoms with Crippen LogP contribution in [0.15, 0.2) is 24.3 Å². The minimum atomic E-state index is 0.00701. The van der Waals surface area contributed by atoms with E-state index in [0.29, 0.717) is 26.1 Å². The van der Waals surface area contributed by atoms with Gasteiger partial charge in [0.1, 0.15) is 0 Å². The van der Waals surface area contributed by atoms with Crippen molar-refractivity contribution in [3.63, 3.8) is 0 Å². The van der Waals surface area contributed by atoms with E-state index in [9.17, 15) is 9.59 Å². The molecule has 0 rings (SSSR count). The molecule has 0 aromatic heterocycles. The summed E-state index contributed by atoms with van der Waals surface area (Å²) in [5.41, 5.74) is 0. The third-order valence-electron chi connectivity index (χ3n) is 13.1. The number of carbonyl (C=O) groups is 2. The number of allylic oxidation sites excluding steroid dienone is 4. The molecule has 0 aliphatic rings. The molecule has 4 heteroatoms. The van der Waals surface area contributed by atoms with E-state index in [1.165, 1.54) is 231 Å². The van der Waals surface area contributed by atoms with Gasteiger partial charge in [0.15, 0.2) is 0 Å². The second-order valence-corrected chi connectivity index (χ2v) is 19.7. The minimum Gasteiger partial charge on any atom is -0.466 e. The van der Waals surface area contributed by atoms with Crippen LogP contribution in [0.25, 0.3) is 0 Å². The number of hydrogen-bond acceptors (Lipinski definition) is 4. The van der Waals surface area contributed by atoms with E-state index in [1.807, 2.05) is 0 Å². The van der Waals surface area contributed by atoms with E-state index < -0.39 is 0 Å². The fourth-order valence-corrected chi connectivity index (χ4v) is 8.73. The lowest BCUT2D eigenvalue weighted by Gasteiger charge is -2.14. The fraction of sp³-hybridized carbons (Fsp3) is 0.897. The zero-order valence-electron chi connectivity index (χ0n) is 42.6. The van der Waals surface area contributed by atoms with Gasteiger partial charge in [0.2, 0.25) is 0 Å². The molecule has 0 aromatic rings. The van der Waals surface area contributed by atoms with Gasteiger partial charge in [0.25, 0.3) is 0 Å². The molecule has 0 heterocycles. The number of rotatable bonds is 51. The number of ether oxygens (including phenoxy) is 2. The highest BCUT2D eigenvalue weighted by Crippen LogP contribution is 2.22. The summed E-state index contributed by atoms with van der Waals surface area (Å²) in [5.74, 6) is 1.70. The average molecular weight is 872 g/mol. The Hall–Kier alpha value is -1.58. The molecule has 0 spiro atoms. The summed E-state index contributed by atoms with van der Waals surface area (Å²) < 4.78 is 11.0. The molecule has 0 bridgehead atoms. The number of esters is 2. The van der Waals surface area contributed by atoms with Crippen LogP contribution in [0.3, 0.4) is 0 Å². The van der Waals surface area contributed by atoms with Crippen molar-refractivity contribution >= 4 is 11.9 Å². The largest absolute Gasteiger partial charge is 0.466 e. The molecule has 2 unspecified atom stereocenters. The Morgan fingerprint density at radius 3 is 0.919 bits per heavy atom. The van der Waals surface area contributed by atoms with Gasteiger partial charge >= 0.3 is 11.9 Å². The summed E-state index contributed by atoms with van der Waals surface area (Å²) in [6.07, 6.45) is 64.5. The zero-order valence-corrected chi connectivity index (χ0v) is 42.6.